The molecule has 0 spiro atoms. The van der Waals surface area contributed by atoms with Gasteiger partial charge in [-0.15, -0.1) is 0 Å². The van der Waals surface area contributed by atoms with E-state index in [1.807, 2.05) is 13.8 Å². The maximum Gasteiger partial charge on any atom is 0.322 e. The topological polar surface area (TPSA) is 49.3 Å². The number of nitrogens with one attached hydrogen (secondary N) is 1. The van der Waals surface area contributed by atoms with Crippen molar-refractivity contribution < 1.29 is 9.90 Å². The van der Waals surface area contributed by atoms with Crippen molar-refractivity contribution in [1.82, 2.24) is 5.32 Å². The van der Waals surface area contributed by atoms with E-state index in [1.165, 1.54) is 44.9 Å². The molecule has 0 aliphatic rings. The molecule has 0 aromatic rings. The fourth-order valence-corrected chi connectivity index (χ4v) is 2.35. The number of hydrogen-bond donors (Lipinski definition) is 3. The van der Waals surface area contributed by atoms with Crippen LogP contribution in [0.2, 0.25) is 0 Å². The SMILES string of the molecule is CCCCCCCCCCN[C@H](C(=O)O)C(C)(C)S. The zero-order valence-corrected chi connectivity index (χ0v) is 13.6. The number of thiol groups is 1. The number of carboxylic acid groups (broad SMARTS) is 1. The summed E-state index contributed by atoms with van der Waals surface area (Å²) in [7, 11) is 0. The Bertz CT molecular complexity index is 239. The van der Waals surface area contributed by atoms with Crippen LogP contribution in [0, 0.1) is 0 Å². The standard InChI is InChI=1S/C15H31NO2S/c1-4-5-6-7-8-9-10-11-12-16-13(14(17)18)15(2,3)19/h13,16,19H,4-12H2,1-3H3,(H,17,18)/t13-/m1/s1. The summed E-state index contributed by atoms with van der Waals surface area (Å²) in [6.07, 6.45) is 10.1. The Labute approximate surface area is 124 Å². The van der Waals surface area contributed by atoms with Crippen molar-refractivity contribution in [3.63, 3.8) is 0 Å². The third-order valence-corrected chi connectivity index (χ3v) is 3.59. The molecule has 2 N–H and O–H groups in total. The number of unbranched alkanes of at least 4 members (excludes halogenated alkanes) is 7. The van der Waals surface area contributed by atoms with Crippen molar-refractivity contribution in [2.24, 2.45) is 0 Å². The highest BCUT2D eigenvalue weighted by molar-refractivity contribution is 7.81. The van der Waals surface area contributed by atoms with E-state index >= 15 is 0 Å². The van der Waals surface area contributed by atoms with E-state index in [1.54, 1.807) is 0 Å². The summed E-state index contributed by atoms with van der Waals surface area (Å²) in [6, 6.07) is -0.583. The van der Waals surface area contributed by atoms with E-state index in [0.29, 0.717) is 0 Å². The van der Waals surface area contributed by atoms with Gasteiger partial charge >= 0.3 is 5.97 Å². The van der Waals surface area contributed by atoms with Crippen LogP contribution in [0.1, 0.15) is 72.1 Å². The highest BCUT2D eigenvalue weighted by Crippen LogP contribution is 2.18. The molecule has 3 nitrogen and oxygen atoms in total. The maximum absolute atomic E-state index is 11.1. The molecule has 114 valence electrons. The minimum Gasteiger partial charge on any atom is -0.480 e. The van der Waals surface area contributed by atoms with E-state index in [9.17, 15) is 4.79 Å². The molecule has 0 saturated carbocycles. The molecule has 0 aliphatic heterocycles. The van der Waals surface area contributed by atoms with Crippen LogP contribution in [-0.4, -0.2) is 28.4 Å². The lowest BCUT2D eigenvalue weighted by atomic mass is 10.0. The second-order valence-electron chi connectivity index (χ2n) is 5.85. The van der Waals surface area contributed by atoms with Crippen LogP contribution >= 0.6 is 12.6 Å². The molecule has 1 atom stereocenters. The molecule has 19 heavy (non-hydrogen) atoms. The zero-order valence-electron chi connectivity index (χ0n) is 12.7. The van der Waals surface area contributed by atoms with Crippen molar-refractivity contribution in [2.75, 3.05) is 6.54 Å². The molecule has 0 aromatic heterocycles. The first-order valence-corrected chi connectivity index (χ1v) is 8.03. The Morgan fingerprint density at radius 3 is 2.00 bits per heavy atom. The summed E-state index contributed by atoms with van der Waals surface area (Å²) in [5.41, 5.74) is 0. The number of aliphatic carboxylic acids is 1. The number of rotatable bonds is 12. The van der Waals surface area contributed by atoms with E-state index in [2.05, 4.69) is 24.9 Å². The van der Waals surface area contributed by atoms with Crippen LogP contribution in [0.15, 0.2) is 0 Å². The van der Waals surface area contributed by atoms with Gasteiger partial charge in [-0.1, -0.05) is 51.9 Å². The Morgan fingerprint density at radius 1 is 1.11 bits per heavy atom. The summed E-state index contributed by atoms with van der Waals surface area (Å²) in [5, 5.41) is 12.2. The second-order valence-corrected chi connectivity index (χ2v) is 7.01. The molecule has 0 heterocycles. The van der Waals surface area contributed by atoms with Crippen molar-refractivity contribution in [3.05, 3.63) is 0 Å². The summed E-state index contributed by atoms with van der Waals surface area (Å²) in [4.78, 5) is 11.1. The van der Waals surface area contributed by atoms with Crippen LogP contribution in [0.4, 0.5) is 0 Å². The summed E-state index contributed by atoms with van der Waals surface area (Å²) in [5.74, 6) is -0.820. The van der Waals surface area contributed by atoms with Gasteiger partial charge in [-0.3, -0.25) is 4.79 Å². The fourth-order valence-electron chi connectivity index (χ4n) is 2.14. The number of hydrogen-bond acceptors (Lipinski definition) is 3. The lowest BCUT2D eigenvalue weighted by molar-refractivity contribution is -0.140. The minimum absolute atomic E-state index is 0.536. The molecular formula is C15H31NO2S. The first kappa shape index (κ1) is 18.8. The molecule has 0 rings (SSSR count). The highest BCUT2D eigenvalue weighted by Gasteiger charge is 2.31. The quantitative estimate of drug-likeness (QED) is 0.377. The van der Waals surface area contributed by atoms with Crippen LogP contribution in [0.25, 0.3) is 0 Å². The largest absolute Gasteiger partial charge is 0.480 e. The van der Waals surface area contributed by atoms with Gasteiger partial charge in [0, 0.05) is 4.75 Å². The van der Waals surface area contributed by atoms with Crippen molar-refractivity contribution in [3.8, 4) is 0 Å². The van der Waals surface area contributed by atoms with E-state index < -0.39 is 16.8 Å². The molecule has 0 amide bonds. The van der Waals surface area contributed by atoms with Crippen molar-refractivity contribution in [1.29, 1.82) is 0 Å². The van der Waals surface area contributed by atoms with E-state index in [0.717, 1.165) is 13.0 Å². The minimum atomic E-state index is -0.820. The molecule has 0 aromatic carbocycles. The Balaban J connectivity index is 3.54. The smallest absolute Gasteiger partial charge is 0.322 e. The summed E-state index contributed by atoms with van der Waals surface area (Å²) in [6.45, 7) is 6.65. The Hall–Kier alpha value is -0.220. The van der Waals surface area contributed by atoms with Crippen LogP contribution < -0.4 is 5.32 Å². The monoisotopic (exact) mass is 289 g/mol. The van der Waals surface area contributed by atoms with Gasteiger partial charge in [0.25, 0.3) is 0 Å². The molecular weight excluding hydrogens is 258 g/mol. The molecule has 0 fully saturated rings. The van der Waals surface area contributed by atoms with Gasteiger partial charge in [-0.25, -0.2) is 0 Å². The lowest BCUT2D eigenvalue weighted by Gasteiger charge is -2.27. The average Bonchev–Trinajstić information content (AvgIpc) is 2.29. The summed E-state index contributed by atoms with van der Waals surface area (Å²) >= 11 is 4.34. The highest BCUT2D eigenvalue weighted by atomic mass is 32.1. The van der Waals surface area contributed by atoms with E-state index in [4.69, 9.17) is 5.11 Å². The third kappa shape index (κ3) is 10.3. The van der Waals surface area contributed by atoms with Crippen LogP contribution in [0.5, 0.6) is 0 Å². The van der Waals surface area contributed by atoms with Gasteiger partial charge in [0.05, 0.1) is 0 Å². The molecule has 0 unspecified atom stereocenters. The van der Waals surface area contributed by atoms with Gasteiger partial charge in [-0.2, -0.15) is 12.6 Å². The predicted molar refractivity (Wildman–Crippen MR) is 85.1 cm³/mol. The van der Waals surface area contributed by atoms with Crippen LogP contribution in [-0.2, 0) is 4.79 Å². The van der Waals surface area contributed by atoms with Gasteiger partial charge in [0.15, 0.2) is 0 Å². The molecule has 0 aliphatic carbocycles. The van der Waals surface area contributed by atoms with Gasteiger partial charge in [0.2, 0.25) is 0 Å². The van der Waals surface area contributed by atoms with Gasteiger partial charge in [0.1, 0.15) is 6.04 Å². The summed E-state index contributed by atoms with van der Waals surface area (Å²) < 4.78 is -0.536. The molecule has 0 radical (unpaired) electrons. The van der Waals surface area contributed by atoms with Gasteiger partial charge < -0.3 is 10.4 Å². The van der Waals surface area contributed by atoms with Crippen molar-refractivity contribution >= 4 is 18.6 Å². The lowest BCUT2D eigenvalue weighted by Crippen LogP contribution is -2.49. The molecule has 0 bridgehead atoms. The first-order chi connectivity index (χ1) is 8.89. The first-order valence-electron chi connectivity index (χ1n) is 7.58. The molecule has 4 heteroatoms. The Kier molecular flexibility index (Phi) is 10.4. The number of carboxylic acids is 1. The number of carbonyl (C=O) groups is 1. The predicted octanol–water partition coefficient (Wildman–Crippen LogP) is 3.88. The average molecular weight is 289 g/mol. The van der Waals surface area contributed by atoms with Crippen molar-refractivity contribution in [2.45, 2.75) is 82.9 Å². The third-order valence-electron chi connectivity index (χ3n) is 3.33. The zero-order chi connectivity index (χ0) is 14.7. The maximum atomic E-state index is 11.1. The fraction of sp³-hybridized carbons (Fsp3) is 0.933. The Morgan fingerprint density at radius 2 is 1.58 bits per heavy atom. The molecule has 0 saturated heterocycles. The van der Waals surface area contributed by atoms with E-state index in [-0.39, 0.29) is 0 Å². The normalized spacial score (nSPS) is 13.5. The van der Waals surface area contributed by atoms with Gasteiger partial charge in [-0.05, 0) is 26.8 Å². The van der Waals surface area contributed by atoms with Crippen LogP contribution in [0.3, 0.4) is 0 Å². The second kappa shape index (κ2) is 10.6.